The maximum Gasteiger partial charge on any atom is 0.0510 e. The van der Waals surface area contributed by atoms with E-state index in [4.69, 9.17) is 5.73 Å². The van der Waals surface area contributed by atoms with E-state index in [-0.39, 0.29) is 6.04 Å². The number of nitrogens with zero attached hydrogens (tertiary/aromatic N) is 1. The van der Waals surface area contributed by atoms with E-state index in [2.05, 4.69) is 46.0 Å². The molecule has 18 heavy (non-hydrogen) atoms. The van der Waals surface area contributed by atoms with Crippen molar-refractivity contribution < 1.29 is 0 Å². The lowest BCUT2D eigenvalue weighted by Gasteiger charge is -2.33. The standard InChI is InChI=1S/C15H23BrN2/c1-3-18(10-12-5-4-6-12)15-8-7-13(11(2)17)9-14(15)16/h7-9,11-12H,3-6,10,17H2,1-2H3/t11-/m0/s1. The summed E-state index contributed by atoms with van der Waals surface area (Å²) in [5.74, 6) is 0.893. The summed E-state index contributed by atoms with van der Waals surface area (Å²) in [6.45, 7) is 6.50. The van der Waals surface area contributed by atoms with Crippen LogP contribution in [0.3, 0.4) is 0 Å². The largest absolute Gasteiger partial charge is 0.371 e. The fourth-order valence-corrected chi connectivity index (χ4v) is 3.09. The summed E-state index contributed by atoms with van der Waals surface area (Å²) < 4.78 is 1.17. The zero-order valence-corrected chi connectivity index (χ0v) is 12.9. The topological polar surface area (TPSA) is 29.3 Å². The number of hydrogen-bond donors (Lipinski definition) is 1. The van der Waals surface area contributed by atoms with Crippen LogP contribution in [-0.4, -0.2) is 13.1 Å². The maximum atomic E-state index is 5.92. The molecule has 0 aromatic heterocycles. The van der Waals surface area contributed by atoms with Crippen molar-refractivity contribution in [2.45, 2.75) is 39.2 Å². The van der Waals surface area contributed by atoms with Gasteiger partial charge in [0.05, 0.1) is 5.69 Å². The molecule has 1 saturated carbocycles. The predicted molar refractivity (Wildman–Crippen MR) is 82.0 cm³/mol. The molecule has 2 N–H and O–H groups in total. The molecule has 0 spiro atoms. The Morgan fingerprint density at radius 1 is 1.44 bits per heavy atom. The normalized spacial score (nSPS) is 17.3. The zero-order chi connectivity index (χ0) is 13.1. The summed E-state index contributed by atoms with van der Waals surface area (Å²) in [7, 11) is 0. The SMILES string of the molecule is CCN(CC1CCC1)c1ccc([C@H](C)N)cc1Br. The average molecular weight is 311 g/mol. The van der Waals surface area contributed by atoms with Gasteiger partial charge in [-0.1, -0.05) is 12.5 Å². The van der Waals surface area contributed by atoms with Crippen LogP contribution in [0.4, 0.5) is 5.69 Å². The van der Waals surface area contributed by atoms with Gasteiger partial charge in [-0.2, -0.15) is 0 Å². The van der Waals surface area contributed by atoms with Crippen molar-refractivity contribution >= 4 is 21.6 Å². The summed E-state index contributed by atoms with van der Waals surface area (Å²) in [4.78, 5) is 2.47. The minimum atomic E-state index is 0.0945. The van der Waals surface area contributed by atoms with Gasteiger partial charge in [0.2, 0.25) is 0 Å². The van der Waals surface area contributed by atoms with Crippen molar-refractivity contribution in [1.29, 1.82) is 0 Å². The molecule has 1 aliphatic rings. The summed E-state index contributed by atoms with van der Waals surface area (Å²) in [6.07, 6.45) is 4.20. The Morgan fingerprint density at radius 2 is 2.17 bits per heavy atom. The first-order valence-electron chi connectivity index (χ1n) is 6.91. The molecular formula is C15H23BrN2. The molecule has 0 amide bonds. The van der Waals surface area contributed by atoms with E-state index >= 15 is 0 Å². The Morgan fingerprint density at radius 3 is 2.61 bits per heavy atom. The Labute approximate surface area is 119 Å². The van der Waals surface area contributed by atoms with Crippen molar-refractivity contribution in [2.75, 3.05) is 18.0 Å². The summed E-state index contributed by atoms with van der Waals surface area (Å²) >= 11 is 3.69. The van der Waals surface area contributed by atoms with Crippen molar-refractivity contribution in [3.05, 3.63) is 28.2 Å². The predicted octanol–water partition coefficient (Wildman–Crippen LogP) is 4.10. The van der Waals surface area contributed by atoms with Crippen molar-refractivity contribution in [3.63, 3.8) is 0 Å². The molecule has 0 unspecified atom stereocenters. The Bertz CT molecular complexity index is 399. The van der Waals surface area contributed by atoms with Gasteiger partial charge in [0.25, 0.3) is 0 Å². The van der Waals surface area contributed by atoms with E-state index < -0.39 is 0 Å². The molecule has 1 fully saturated rings. The third-order valence-electron chi connectivity index (χ3n) is 3.92. The van der Waals surface area contributed by atoms with Crippen LogP contribution < -0.4 is 10.6 Å². The van der Waals surface area contributed by atoms with Crippen LogP contribution in [-0.2, 0) is 0 Å². The Hall–Kier alpha value is -0.540. The first kappa shape index (κ1) is 13.9. The van der Waals surface area contributed by atoms with Gasteiger partial charge in [-0.15, -0.1) is 0 Å². The van der Waals surface area contributed by atoms with Crippen LogP contribution in [0.5, 0.6) is 0 Å². The lowest BCUT2D eigenvalue weighted by Crippen LogP contribution is -2.32. The molecule has 0 heterocycles. The first-order chi connectivity index (χ1) is 8.61. The van der Waals surface area contributed by atoms with Gasteiger partial charge < -0.3 is 10.6 Å². The van der Waals surface area contributed by atoms with Crippen LogP contribution in [0.25, 0.3) is 0 Å². The van der Waals surface area contributed by atoms with Gasteiger partial charge in [0, 0.05) is 23.6 Å². The third-order valence-corrected chi connectivity index (χ3v) is 4.56. The van der Waals surface area contributed by atoms with Gasteiger partial charge in [0.1, 0.15) is 0 Å². The number of nitrogens with two attached hydrogens (primary N) is 1. The van der Waals surface area contributed by atoms with Gasteiger partial charge in [0.15, 0.2) is 0 Å². The van der Waals surface area contributed by atoms with Crippen LogP contribution >= 0.6 is 15.9 Å². The lowest BCUT2D eigenvalue weighted by atomic mass is 9.85. The summed E-state index contributed by atoms with van der Waals surface area (Å²) in [5, 5.41) is 0. The molecule has 2 rings (SSSR count). The van der Waals surface area contributed by atoms with Crippen molar-refractivity contribution in [1.82, 2.24) is 0 Å². The van der Waals surface area contributed by atoms with Crippen LogP contribution in [0.1, 0.15) is 44.7 Å². The van der Waals surface area contributed by atoms with E-state index in [0.29, 0.717) is 0 Å². The molecule has 100 valence electrons. The second-order valence-electron chi connectivity index (χ2n) is 5.34. The van der Waals surface area contributed by atoms with Crippen LogP contribution in [0.15, 0.2) is 22.7 Å². The van der Waals surface area contributed by atoms with Crippen molar-refractivity contribution in [2.24, 2.45) is 11.7 Å². The zero-order valence-electron chi connectivity index (χ0n) is 11.3. The fourth-order valence-electron chi connectivity index (χ4n) is 2.45. The van der Waals surface area contributed by atoms with Crippen molar-refractivity contribution in [3.8, 4) is 0 Å². The molecule has 3 heteroatoms. The van der Waals surface area contributed by atoms with Gasteiger partial charge in [-0.3, -0.25) is 0 Å². The van der Waals surface area contributed by atoms with E-state index in [0.717, 1.165) is 12.5 Å². The molecule has 0 radical (unpaired) electrons. The highest BCUT2D eigenvalue weighted by Crippen LogP contribution is 2.33. The average Bonchev–Trinajstić information content (AvgIpc) is 2.29. The minimum absolute atomic E-state index is 0.0945. The molecule has 1 atom stereocenters. The molecule has 1 aromatic carbocycles. The van der Waals surface area contributed by atoms with E-state index in [9.17, 15) is 0 Å². The number of rotatable bonds is 5. The molecular weight excluding hydrogens is 288 g/mol. The highest BCUT2D eigenvalue weighted by atomic mass is 79.9. The van der Waals surface area contributed by atoms with Gasteiger partial charge >= 0.3 is 0 Å². The Kier molecular flexibility index (Phi) is 4.68. The summed E-state index contributed by atoms with van der Waals surface area (Å²) in [5.41, 5.74) is 8.40. The number of hydrogen-bond acceptors (Lipinski definition) is 2. The third kappa shape index (κ3) is 3.07. The van der Waals surface area contributed by atoms with Crippen LogP contribution in [0, 0.1) is 5.92 Å². The lowest BCUT2D eigenvalue weighted by molar-refractivity contribution is 0.318. The maximum absolute atomic E-state index is 5.92. The molecule has 1 aliphatic carbocycles. The molecule has 0 saturated heterocycles. The molecule has 1 aromatic rings. The van der Waals surface area contributed by atoms with E-state index in [1.54, 1.807) is 0 Å². The monoisotopic (exact) mass is 310 g/mol. The Balaban J connectivity index is 2.14. The smallest absolute Gasteiger partial charge is 0.0510 e. The number of anilines is 1. The highest BCUT2D eigenvalue weighted by molar-refractivity contribution is 9.10. The quantitative estimate of drug-likeness (QED) is 0.887. The minimum Gasteiger partial charge on any atom is -0.371 e. The number of halogens is 1. The summed E-state index contributed by atoms with van der Waals surface area (Å²) in [6, 6.07) is 6.60. The molecule has 2 nitrogen and oxygen atoms in total. The first-order valence-corrected chi connectivity index (χ1v) is 7.71. The van der Waals surface area contributed by atoms with Gasteiger partial charge in [-0.25, -0.2) is 0 Å². The molecule has 0 aliphatic heterocycles. The second-order valence-corrected chi connectivity index (χ2v) is 6.19. The van der Waals surface area contributed by atoms with Gasteiger partial charge in [-0.05, 0) is 66.2 Å². The highest BCUT2D eigenvalue weighted by Gasteiger charge is 2.21. The van der Waals surface area contributed by atoms with E-state index in [1.807, 2.05) is 6.92 Å². The number of benzene rings is 1. The molecule has 0 bridgehead atoms. The van der Waals surface area contributed by atoms with E-state index in [1.165, 1.54) is 41.5 Å². The fraction of sp³-hybridized carbons (Fsp3) is 0.600. The van der Waals surface area contributed by atoms with Crippen LogP contribution in [0.2, 0.25) is 0 Å². The second kappa shape index (κ2) is 6.07.